The third-order valence-electron chi connectivity index (χ3n) is 5.47. The second kappa shape index (κ2) is 16.7. The molecule has 0 atom stereocenters. The van der Waals surface area contributed by atoms with Gasteiger partial charge < -0.3 is 20.6 Å². The minimum Gasteiger partial charge on any atom is -0.340 e. The van der Waals surface area contributed by atoms with E-state index in [1.54, 1.807) is 37.3 Å². The van der Waals surface area contributed by atoms with Crippen LogP contribution in [0.15, 0.2) is 93.6 Å². The molecular weight excluding hydrogens is 498 g/mol. The number of hydrogen-bond donors (Lipinski definition) is 3. The number of rotatable bonds is 11. The first-order chi connectivity index (χ1) is 18.2. The lowest BCUT2D eigenvalue weighted by Crippen LogP contribution is -2.31. The van der Waals surface area contributed by atoms with Crippen molar-refractivity contribution in [1.29, 1.82) is 5.41 Å². The van der Waals surface area contributed by atoms with E-state index in [9.17, 15) is 9.59 Å². The van der Waals surface area contributed by atoms with Gasteiger partial charge in [0.05, 0.1) is 5.70 Å². The molecule has 0 aliphatic carbocycles. The second-order valence-electron chi connectivity index (χ2n) is 8.12. The van der Waals surface area contributed by atoms with Crippen LogP contribution in [0.4, 0.5) is 0 Å². The van der Waals surface area contributed by atoms with Crippen molar-refractivity contribution < 1.29 is 4.79 Å². The molecule has 1 amide bonds. The Hall–Kier alpha value is -3.97. The number of halogens is 1. The van der Waals surface area contributed by atoms with Gasteiger partial charge in [0.25, 0.3) is 11.5 Å². The molecule has 0 bridgehead atoms. The Balaban J connectivity index is 0.00000132. The van der Waals surface area contributed by atoms with E-state index in [0.29, 0.717) is 16.1 Å². The lowest BCUT2D eigenvalue weighted by Gasteiger charge is -2.25. The number of fused-ring (bicyclic) bond motifs is 1. The highest BCUT2D eigenvalue weighted by atomic mass is 35.5. The largest absolute Gasteiger partial charge is 0.340 e. The number of aromatic amines is 1. The van der Waals surface area contributed by atoms with Crippen molar-refractivity contribution >= 4 is 46.4 Å². The van der Waals surface area contributed by atoms with Gasteiger partial charge in [0, 0.05) is 60.1 Å². The lowest BCUT2D eigenvalue weighted by molar-refractivity contribution is -0.117. The number of likely N-dealkylation sites (N-methyl/N-ethyl adjacent to an activating group) is 1. The first kappa shape index (κ1) is 32.1. The first-order valence-electron chi connectivity index (χ1n) is 12.4. The minimum atomic E-state index is -0.347. The van der Waals surface area contributed by atoms with Gasteiger partial charge in [0.2, 0.25) is 0 Å². The summed E-state index contributed by atoms with van der Waals surface area (Å²) < 4.78 is 0. The number of hydrogen-bond acceptors (Lipinski definition) is 5. The van der Waals surface area contributed by atoms with Crippen molar-refractivity contribution in [3.63, 3.8) is 0 Å². The number of nitrogens with one attached hydrogen (secondary N) is 3. The van der Waals surface area contributed by atoms with Crippen molar-refractivity contribution in [3.8, 4) is 0 Å². The fourth-order valence-electron chi connectivity index (χ4n) is 3.41. The summed E-state index contributed by atoms with van der Waals surface area (Å²) in [7, 11) is 3.42. The summed E-state index contributed by atoms with van der Waals surface area (Å²) in [6.45, 7) is 13.9. The summed E-state index contributed by atoms with van der Waals surface area (Å²) in [6.07, 6.45) is 12.0. The molecule has 7 nitrogen and oxygen atoms in total. The van der Waals surface area contributed by atoms with Gasteiger partial charge in [-0.2, -0.15) is 0 Å². The molecule has 202 valence electrons. The number of H-pyrrole nitrogens is 1. The molecule has 1 heterocycles. The number of carbonyl (C=O) groups is 1. The van der Waals surface area contributed by atoms with Crippen LogP contribution in [0, 0.1) is 5.41 Å². The zero-order chi connectivity index (χ0) is 28.7. The third kappa shape index (κ3) is 9.16. The van der Waals surface area contributed by atoms with Crippen molar-refractivity contribution in [2.24, 2.45) is 4.99 Å². The third-order valence-corrected chi connectivity index (χ3v) is 5.85. The predicted octanol–water partition coefficient (Wildman–Crippen LogP) is 6.56. The van der Waals surface area contributed by atoms with Gasteiger partial charge in [0.15, 0.2) is 0 Å². The molecule has 8 heteroatoms. The highest BCUT2D eigenvalue weighted by Gasteiger charge is 2.19. The summed E-state index contributed by atoms with van der Waals surface area (Å²) in [6, 6.07) is 7.42. The zero-order valence-electron chi connectivity index (χ0n) is 22.9. The van der Waals surface area contributed by atoms with E-state index in [4.69, 9.17) is 17.0 Å². The summed E-state index contributed by atoms with van der Waals surface area (Å²) >= 11 is 6.33. The molecule has 2 rings (SSSR count). The standard InChI is InChI=1S/C27H32ClN3O2.C3H6N2/c1-7-11-20(17-24(28)18(4)9-3)30-26(32)19(5)31(6)25(12-8-2)22-13-10-14-23-21(22)15-16-29-27(23)33;1-5-3-2-4/h10-17H,4-5,7-9H2,1-3,6H3,(H,29,33)(H,30,32);2-4H,1H3/b20-11+,24-17+,25-12-;. The number of benzene rings is 1. The summed E-state index contributed by atoms with van der Waals surface area (Å²) in [5.74, 6) is -0.347. The van der Waals surface area contributed by atoms with Crippen LogP contribution in [0.2, 0.25) is 0 Å². The van der Waals surface area contributed by atoms with Gasteiger partial charge in [-0.25, -0.2) is 0 Å². The molecule has 38 heavy (non-hydrogen) atoms. The normalized spacial score (nSPS) is 12.1. The average molecular weight is 536 g/mol. The zero-order valence-corrected chi connectivity index (χ0v) is 23.7. The number of aliphatic imine (C=N–C) groups is 1. The monoisotopic (exact) mass is 535 g/mol. The molecule has 2 aromatic rings. The van der Waals surface area contributed by atoms with E-state index < -0.39 is 0 Å². The summed E-state index contributed by atoms with van der Waals surface area (Å²) in [4.78, 5) is 33.3. The molecule has 0 unspecified atom stereocenters. The Labute approximate surface area is 230 Å². The van der Waals surface area contributed by atoms with E-state index in [1.165, 1.54) is 6.21 Å². The molecule has 1 aromatic carbocycles. The molecule has 3 N–H and O–H groups in total. The molecule has 1 aromatic heterocycles. The number of amides is 1. The number of allylic oxidation sites excluding steroid dienone is 5. The molecule has 0 aliphatic rings. The van der Waals surface area contributed by atoms with E-state index in [2.05, 4.69) is 28.5 Å². The summed E-state index contributed by atoms with van der Waals surface area (Å²) in [5.41, 5.74) is 3.14. The number of aromatic nitrogens is 1. The highest BCUT2D eigenvalue weighted by Crippen LogP contribution is 2.28. The van der Waals surface area contributed by atoms with Crippen molar-refractivity contribution in [3.05, 3.63) is 99.8 Å². The van der Waals surface area contributed by atoms with Gasteiger partial charge in [-0.15, -0.1) is 0 Å². The van der Waals surface area contributed by atoms with Gasteiger partial charge in [-0.3, -0.25) is 14.6 Å². The van der Waals surface area contributed by atoms with Crippen LogP contribution in [-0.2, 0) is 4.79 Å². The maximum atomic E-state index is 13.1. The molecule has 0 radical (unpaired) electrons. The quantitative estimate of drug-likeness (QED) is 0.172. The van der Waals surface area contributed by atoms with E-state index in [-0.39, 0.29) is 17.2 Å². The average Bonchev–Trinajstić information content (AvgIpc) is 2.91. The van der Waals surface area contributed by atoms with Crippen LogP contribution in [0.1, 0.15) is 45.6 Å². The highest BCUT2D eigenvalue weighted by molar-refractivity contribution is 6.32. The van der Waals surface area contributed by atoms with Crippen molar-refractivity contribution in [1.82, 2.24) is 15.2 Å². The summed E-state index contributed by atoms with van der Waals surface area (Å²) in [5, 5.41) is 11.1. The fourth-order valence-corrected chi connectivity index (χ4v) is 3.67. The number of pyridine rings is 1. The van der Waals surface area contributed by atoms with Crippen LogP contribution < -0.4 is 10.9 Å². The topological polar surface area (TPSA) is 101 Å². The Kier molecular flexibility index (Phi) is 14.1. The van der Waals surface area contributed by atoms with E-state index >= 15 is 0 Å². The Morgan fingerprint density at radius 2 is 1.84 bits per heavy atom. The minimum absolute atomic E-state index is 0.156. The molecule has 0 saturated carbocycles. The molecule has 0 aliphatic heterocycles. The molecule has 0 fully saturated rings. The van der Waals surface area contributed by atoms with E-state index in [1.807, 2.05) is 51.1 Å². The second-order valence-corrected chi connectivity index (χ2v) is 8.53. The Bertz CT molecular complexity index is 1330. The van der Waals surface area contributed by atoms with Gasteiger partial charge in [-0.05, 0) is 48.4 Å². The predicted molar refractivity (Wildman–Crippen MR) is 163 cm³/mol. The van der Waals surface area contributed by atoms with Crippen LogP contribution >= 0.6 is 11.6 Å². The van der Waals surface area contributed by atoms with Crippen LogP contribution in [0.3, 0.4) is 0 Å². The smallest absolute Gasteiger partial charge is 0.271 e. The van der Waals surface area contributed by atoms with E-state index in [0.717, 1.165) is 47.7 Å². The fraction of sp³-hybridized carbons (Fsp3) is 0.267. The van der Waals surface area contributed by atoms with Crippen LogP contribution in [0.25, 0.3) is 16.5 Å². The van der Waals surface area contributed by atoms with Crippen LogP contribution in [-0.4, -0.2) is 42.3 Å². The van der Waals surface area contributed by atoms with Gasteiger partial charge in [0.1, 0.15) is 0 Å². The van der Waals surface area contributed by atoms with Gasteiger partial charge in [-0.1, -0.05) is 69.8 Å². The molecular formula is C30H38ClN5O2. The molecule has 0 saturated heterocycles. The number of carbonyl (C=O) groups excluding carboxylic acids is 1. The van der Waals surface area contributed by atoms with Gasteiger partial charge >= 0.3 is 0 Å². The maximum Gasteiger partial charge on any atom is 0.271 e. The molecule has 0 spiro atoms. The SMILES string of the molecule is C=C(CC)/C(Cl)=C\C(=C/CC)NC(=O)C(=C)N(C)/C(=C\CC)c1cccc2c(=O)[nH]ccc12.CN=CC=N. The van der Waals surface area contributed by atoms with Crippen molar-refractivity contribution in [2.45, 2.75) is 40.0 Å². The maximum absolute atomic E-state index is 13.1. The number of nitrogens with zero attached hydrogens (tertiary/aromatic N) is 2. The van der Waals surface area contributed by atoms with Crippen molar-refractivity contribution in [2.75, 3.05) is 14.1 Å². The van der Waals surface area contributed by atoms with Crippen LogP contribution in [0.5, 0.6) is 0 Å². The lowest BCUT2D eigenvalue weighted by atomic mass is 10.0. The first-order valence-corrected chi connectivity index (χ1v) is 12.8. The Morgan fingerprint density at radius 3 is 2.39 bits per heavy atom. The Morgan fingerprint density at radius 1 is 1.16 bits per heavy atom.